The van der Waals surface area contributed by atoms with E-state index >= 15 is 0 Å². The molecular weight excluding hydrogens is 244 g/mol. The van der Waals surface area contributed by atoms with Gasteiger partial charge in [-0.15, -0.1) is 0 Å². The third-order valence-corrected chi connectivity index (χ3v) is 3.81. The lowest BCUT2D eigenvalue weighted by Gasteiger charge is -2.10. The van der Waals surface area contributed by atoms with Crippen LogP contribution in [0.15, 0.2) is 36.7 Å². The van der Waals surface area contributed by atoms with Gasteiger partial charge in [0.1, 0.15) is 5.82 Å². The Bertz CT molecular complexity index is 508. The van der Waals surface area contributed by atoms with Gasteiger partial charge < -0.3 is 4.57 Å². The summed E-state index contributed by atoms with van der Waals surface area (Å²) in [5, 5.41) is 0. The summed E-state index contributed by atoms with van der Waals surface area (Å²) in [5.41, 5.74) is 2.88. The van der Waals surface area contributed by atoms with Crippen molar-refractivity contribution in [2.24, 2.45) is 0 Å². The monoisotopic (exact) mass is 270 g/mol. The standard InChI is InChI=1S/C18H26N2/c1-4-16-8-10-17(11-9-16)7-5-6-13-20-14-12-19-18(20)15(2)3/h8-12,14-15H,4-7,13H2,1-3H3. The molecule has 20 heavy (non-hydrogen) atoms. The lowest BCUT2D eigenvalue weighted by atomic mass is 10.1. The Kier molecular flexibility index (Phi) is 5.40. The SMILES string of the molecule is CCc1ccc(CCCCn2ccnc2C(C)C)cc1. The lowest BCUT2D eigenvalue weighted by molar-refractivity contribution is 0.569. The van der Waals surface area contributed by atoms with E-state index in [1.807, 2.05) is 6.20 Å². The Hall–Kier alpha value is -1.57. The molecule has 0 aliphatic rings. The van der Waals surface area contributed by atoms with Gasteiger partial charge in [0.2, 0.25) is 0 Å². The zero-order valence-corrected chi connectivity index (χ0v) is 13.0. The highest BCUT2D eigenvalue weighted by Crippen LogP contribution is 2.13. The Morgan fingerprint density at radius 3 is 2.40 bits per heavy atom. The molecule has 0 spiro atoms. The third kappa shape index (κ3) is 3.96. The van der Waals surface area contributed by atoms with Gasteiger partial charge in [-0.05, 0) is 36.8 Å². The summed E-state index contributed by atoms with van der Waals surface area (Å²) in [7, 11) is 0. The second-order valence-corrected chi connectivity index (χ2v) is 5.76. The predicted octanol–water partition coefficient (Wildman–Crippen LogP) is 4.59. The van der Waals surface area contributed by atoms with Crippen LogP contribution in [0.4, 0.5) is 0 Å². The van der Waals surface area contributed by atoms with Gasteiger partial charge in [-0.25, -0.2) is 4.98 Å². The summed E-state index contributed by atoms with van der Waals surface area (Å²) in [6, 6.07) is 9.05. The fourth-order valence-corrected chi connectivity index (χ4v) is 2.56. The molecule has 0 saturated carbocycles. The van der Waals surface area contributed by atoms with Crippen LogP contribution in [-0.4, -0.2) is 9.55 Å². The molecule has 0 saturated heterocycles. The third-order valence-electron chi connectivity index (χ3n) is 3.81. The van der Waals surface area contributed by atoms with Crippen LogP contribution in [0.5, 0.6) is 0 Å². The van der Waals surface area contributed by atoms with Gasteiger partial charge in [0.25, 0.3) is 0 Å². The smallest absolute Gasteiger partial charge is 0.111 e. The molecule has 0 bridgehead atoms. The van der Waals surface area contributed by atoms with Gasteiger partial charge >= 0.3 is 0 Å². The van der Waals surface area contributed by atoms with Crippen molar-refractivity contribution in [3.8, 4) is 0 Å². The summed E-state index contributed by atoms with van der Waals surface area (Å²) in [6.07, 6.45) is 8.77. The molecule has 0 radical (unpaired) electrons. The average Bonchev–Trinajstić information content (AvgIpc) is 2.93. The molecule has 1 aromatic carbocycles. The fraction of sp³-hybridized carbons (Fsp3) is 0.500. The van der Waals surface area contributed by atoms with Crippen LogP contribution in [0.1, 0.15) is 56.5 Å². The predicted molar refractivity (Wildman–Crippen MR) is 85.1 cm³/mol. The zero-order chi connectivity index (χ0) is 14.4. The minimum Gasteiger partial charge on any atom is -0.335 e. The summed E-state index contributed by atoms with van der Waals surface area (Å²) >= 11 is 0. The minimum absolute atomic E-state index is 0.506. The maximum absolute atomic E-state index is 4.43. The average molecular weight is 270 g/mol. The second kappa shape index (κ2) is 7.28. The molecule has 1 heterocycles. The summed E-state index contributed by atoms with van der Waals surface area (Å²) in [5.74, 6) is 1.71. The van der Waals surface area contributed by atoms with Gasteiger partial charge in [-0.3, -0.25) is 0 Å². The van der Waals surface area contributed by atoms with Crippen molar-refractivity contribution in [1.29, 1.82) is 0 Å². The summed E-state index contributed by atoms with van der Waals surface area (Å²) in [6.45, 7) is 7.69. The highest BCUT2D eigenvalue weighted by atomic mass is 15.1. The van der Waals surface area contributed by atoms with Crippen molar-refractivity contribution in [2.45, 2.75) is 58.9 Å². The molecule has 0 unspecified atom stereocenters. The number of rotatable bonds is 7. The number of aryl methyl sites for hydroxylation is 3. The largest absolute Gasteiger partial charge is 0.335 e. The maximum atomic E-state index is 4.43. The first-order chi connectivity index (χ1) is 9.70. The quantitative estimate of drug-likeness (QED) is 0.673. The van der Waals surface area contributed by atoms with Crippen molar-refractivity contribution in [2.75, 3.05) is 0 Å². The number of benzene rings is 1. The molecule has 0 aliphatic heterocycles. The van der Waals surface area contributed by atoms with E-state index in [-0.39, 0.29) is 0 Å². The molecule has 2 nitrogen and oxygen atoms in total. The molecule has 0 fully saturated rings. The Labute approximate surface area is 122 Å². The van der Waals surface area contributed by atoms with E-state index in [1.54, 1.807) is 0 Å². The number of nitrogens with zero attached hydrogens (tertiary/aromatic N) is 2. The van der Waals surface area contributed by atoms with Gasteiger partial charge in [0.15, 0.2) is 0 Å². The Morgan fingerprint density at radius 1 is 1.05 bits per heavy atom. The molecule has 2 aromatic rings. The van der Waals surface area contributed by atoms with Crippen LogP contribution in [0.3, 0.4) is 0 Å². The Balaban J connectivity index is 1.77. The van der Waals surface area contributed by atoms with Gasteiger partial charge in [-0.2, -0.15) is 0 Å². The van der Waals surface area contributed by atoms with E-state index in [0.29, 0.717) is 5.92 Å². The molecule has 2 rings (SSSR count). The lowest BCUT2D eigenvalue weighted by Crippen LogP contribution is -2.05. The maximum Gasteiger partial charge on any atom is 0.111 e. The first kappa shape index (κ1) is 14.8. The zero-order valence-electron chi connectivity index (χ0n) is 13.0. The summed E-state index contributed by atoms with van der Waals surface area (Å²) in [4.78, 5) is 4.43. The molecule has 0 aliphatic carbocycles. The van der Waals surface area contributed by atoms with Crippen LogP contribution in [-0.2, 0) is 19.4 Å². The summed E-state index contributed by atoms with van der Waals surface area (Å²) < 4.78 is 2.30. The first-order valence-corrected chi connectivity index (χ1v) is 7.79. The van der Waals surface area contributed by atoms with Crippen LogP contribution in [0.2, 0.25) is 0 Å². The highest BCUT2D eigenvalue weighted by molar-refractivity contribution is 5.22. The molecule has 0 N–H and O–H groups in total. The van der Waals surface area contributed by atoms with Crippen LogP contribution < -0.4 is 0 Å². The number of imidazole rings is 1. The first-order valence-electron chi connectivity index (χ1n) is 7.79. The molecule has 0 amide bonds. The van der Waals surface area contributed by atoms with E-state index in [0.717, 1.165) is 13.0 Å². The number of aromatic nitrogens is 2. The van der Waals surface area contributed by atoms with Gasteiger partial charge in [0, 0.05) is 24.9 Å². The minimum atomic E-state index is 0.506. The van der Waals surface area contributed by atoms with Crippen molar-refractivity contribution in [3.05, 3.63) is 53.6 Å². The molecular formula is C18H26N2. The molecule has 108 valence electrons. The second-order valence-electron chi connectivity index (χ2n) is 5.76. The van der Waals surface area contributed by atoms with Crippen LogP contribution in [0, 0.1) is 0 Å². The van der Waals surface area contributed by atoms with E-state index in [9.17, 15) is 0 Å². The van der Waals surface area contributed by atoms with Crippen LogP contribution >= 0.6 is 0 Å². The van der Waals surface area contributed by atoms with Crippen LogP contribution in [0.25, 0.3) is 0 Å². The van der Waals surface area contributed by atoms with Crippen molar-refractivity contribution in [3.63, 3.8) is 0 Å². The molecule has 1 aromatic heterocycles. The van der Waals surface area contributed by atoms with Crippen molar-refractivity contribution in [1.82, 2.24) is 9.55 Å². The fourth-order valence-electron chi connectivity index (χ4n) is 2.56. The number of hydrogen-bond acceptors (Lipinski definition) is 1. The molecule has 2 heteroatoms. The highest BCUT2D eigenvalue weighted by Gasteiger charge is 2.06. The van der Waals surface area contributed by atoms with E-state index in [2.05, 4.69) is 60.8 Å². The van der Waals surface area contributed by atoms with E-state index in [1.165, 1.54) is 36.2 Å². The molecule has 0 atom stereocenters. The van der Waals surface area contributed by atoms with Crippen molar-refractivity contribution < 1.29 is 0 Å². The van der Waals surface area contributed by atoms with E-state index in [4.69, 9.17) is 0 Å². The van der Waals surface area contributed by atoms with E-state index < -0.39 is 0 Å². The number of unbranched alkanes of at least 4 members (excludes halogenated alkanes) is 1. The van der Waals surface area contributed by atoms with Gasteiger partial charge in [0.05, 0.1) is 0 Å². The van der Waals surface area contributed by atoms with Gasteiger partial charge in [-0.1, -0.05) is 45.0 Å². The normalized spacial score (nSPS) is 11.2. The number of hydrogen-bond donors (Lipinski definition) is 0. The Morgan fingerprint density at radius 2 is 1.75 bits per heavy atom. The van der Waals surface area contributed by atoms with Crippen molar-refractivity contribution >= 4 is 0 Å². The topological polar surface area (TPSA) is 17.8 Å².